The molecule has 0 aliphatic rings. The van der Waals surface area contributed by atoms with Crippen LogP contribution in [0.2, 0.25) is 0 Å². The molecule has 5 heteroatoms. The number of carboxylic acids is 1. The third kappa shape index (κ3) is 4.91. The van der Waals surface area contributed by atoms with Gasteiger partial charge in [-0.25, -0.2) is 4.39 Å². The predicted octanol–water partition coefficient (Wildman–Crippen LogP) is 2.02. The maximum Gasteiger partial charge on any atom is 0.308 e. The molecule has 0 spiro atoms. The van der Waals surface area contributed by atoms with Crippen molar-refractivity contribution in [2.24, 2.45) is 5.92 Å². The van der Waals surface area contributed by atoms with Gasteiger partial charge >= 0.3 is 5.97 Å². The number of benzene rings is 1. The average molecular weight is 265 g/mol. The highest BCUT2D eigenvalue weighted by molar-refractivity contribution is 5.91. The summed E-state index contributed by atoms with van der Waals surface area (Å²) in [6.45, 7) is 1.66. The number of hydrogen-bond acceptors (Lipinski definition) is 2. The molecule has 1 amide bonds. The van der Waals surface area contributed by atoms with Gasteiger partial charge in [0, 0.05) is 19.7 Å². The van der Waals surface area contributed by atoms with Gasteiger partial charge in [0.25, 0.3) is 0 Å². The SMILES string of the molecule is CC(CN(C)C(=O)/C=C/c1cccc(F)c1)C(=O)O. The van der Waals surface area contributed by atoms with Gasteiger partial charge in [-0.3, -0.25) is 9.59 Å². The van der Waals surface area contributed by atoms with E-state index in [9.17, 15) is 14.0 Å². The molecule has 19 heavy (non-hydrogen) atoms. The maximum absolute atomic E-state index is 12.9. The fourth-order valence-corrected chi connectivity index (χ4v) is 1.48. The molecule has 1 unspecified atom stereocenters. The second-order valence-corrected chi connectivity index (χ2v) is 4.35. The Hall–Kier alpha value is -2.17. The van der Waals surface area contributed by atoms with Crippen molar-refractivity contribution in [1.29, 1.82) is 0 Å². The predicted molar refractivity (Wildman–Crippen MR) is 69.9 cm³/mol. The van der Waals surface area contributed by atoms with Crippen molar-refractivity contribution in [3.8, 4) is 0 Å². The van der Waals surface area contributed by atoms with E-state index in [1.54, 1.807) is 12.1 Å². The van der Waals surface area contributed by atoms with E-state index in [-0.39, 0.29) is 18.3 Å². The highest BCUT2D eigenvalue weighted by atomic mass is 19.1. The minimum Gasteiger partial charge on any atom is -0.481 e. The van der Waals surface area contributed by atoms with Gasteiger partial charge in [0.05, 0.1) is 5.92 Å². The van der Waals surface area contributed by atoms with Crippen molar-refractivity contribution < 1.29 is 19.1 Å². The molecule has 1 aromatic carbocycles. The van der Waals surface area contributed by atoms with Crippen LogP contribution >= 0.6 is 0 Å². The monoisotopic (exact) mass is 265 g/mol. The molecule has 0 saturated heterocycles. The standard InChI is InChI=1S/C14H16FNO3/c1-10(14(18)19)9-16(2)13(17)7-6-11-4-3-5-12(15)8-11/h3-8,10H,9H2,1-2H3,(H,18,19)/b7-6+. The molecule has 1 N–H and O–H groups in total. The second kappa shape index (κ2) is 6.68. The third-order valence-electron chi connectivity index (χ3n) is 2.61. The number of nitrogens with zero attached hydrogens (tertiary/aromatic N) is 1. The Bertz CT molecular complexity index is 499. The number of carbonyl (C=O) groups is 2. The van der Waals surface area contributed by atoms with Gasteiger partial charge in [0.2, 0.25) is 5.91 Å². The van der Waals surface area contributed by atoms with E-state index in [0.29, 0.717) is 5.56 Å². The van der Waals surface area contributed by atoms with Gasteiger partial charge in [-0.1, -0.05) is 19.1 Å². The second-order valence-electron chi connectivity index (χ2n) is 4.35. The molecule has 0 heterocycles. The Kier molecular flexibility index (Phi) is 5.23. The van der Waals surface area contributed by atoms with E-state index in [2.05, 4.69) is 0 Å². The van der Waals surface area contributed by atoms with Gasteiger partial charge in [0.15, 0.2) is 0 Å². The molecule has 0 radical (unpaired) electrons. The van der Waals surface area contributed by atoms with E-state index >= 15 is 0 Å². The highest BCUT2D eigenvalue weighted by Gasteiger charge is 2.15. The maximum atomic E-state index is 12.9. The van der Waals surface area contributed by atoms with Crippen LogP contribution < -0.4 is 0 Å². The van der Waals surface area contributed by atoms with Crippen LogP contribution in [0, 0.1) is 11.7 Å². The van der Waals surface area contributed by atoms with Crippen LogP contribution in [-0.2, 0) is 9.59 Å². The summed E-state index contributed by atoms with van der Waals surface area (Å²) >= 11 is 0. The molecule has 0 aliphatic carbocycles. The number of carboxylic acid groups (broad SMARTS) is 1. The fraction of sp³-hybridized carbons (Fsp3) is 0.286. The van der Waals surface area contributed by atoms with E-state index in [4.69, 9.17) is 5.11 Å². The van der Waals surface area contributed by atoms with Gasteiger partial charge < -0.3 is 10.0 Å². The molecule has 4 nitrogen and oxygen atoms in total. The van der Waals surface area contributed by atoms with Crippen molar-refractivity contribution in [3.05, 3.63) is 41.7 Å². The van der Waals surface area contributed by atoms with E-state index < -0.39 is 11.9 Å². The number of likely N-dealkylation sites (N-methyl/N-ethyl adjacent to an activating group) is 1. The Labute approximate surface area is 111 Å². The van der Waals surface area contributed by atoms with Crippen LogP contribution in [0.4, 0.5) is 4.39 Å². The zero-order valence-corrected chi connectivity index (χ0v) is 10.8. The summed E-state index contributed by atoms with van der Waals surface area (Å²) in [4.78, 5) is 23.7. The lowest BCUT2D eigenvalue weighted by atomic mass is 10.1. The highest BCUT2D eigenvalue weighted by Crippen LogP contribution is 2.06. The smallest absolute Gasteiger partial charge is 0.308 e. The van der Waals surface area contributed by atoms with Crippen LogP contribution in [0.15, 0.2) is 30.3 Å². The van der Waals surface area contributed by atoms with Crippen LogP contribution in [0.1, 0.15) is 12.5 Å². The summed E-state index contributed by atoms with van der Waals surface area (Å²) in [5, 5.41) is 8.75. The Morgan fingerprint density at radius 3 is 2.74 bits per heavy atom. The number of rotatable bonds is 5. The molecule has 102 valence electrons. The Morgan fingerprint density at radius 2 is 2.16 bits per heavy atom. The molecule has 1 rings (SSSR count). The minimum atomic E-state index is -0.950. The first-order valence-corrected chi connectivity index (χ1v) is 5.81. The van der Waals surface area contributed by atoms with E-state index in [1.807, 2.05) is 0 Å². The first-order valence-electron chi connectivity index (χ1n) is 5.81. The first-order chi connectivity index (χ1) is 8.90. The number of carbonyl (C=O) groups excluding carboxylic acids is 1. The van der Waals surface area contributed by atoms with Crippen molar-refractivity contribution in [3.63, 3.8) is 0 Å². The number of hydrogen-bond donors (Lipinski definition) is 1. The molecule has 0 saturated carbocycles. The van der Waals surface area contributed by atoms with Crippen molar-refractivity contribution in [2.45, 2.75) is 6.92 Å². The summed E-state index contributed by atoms with van der Waals surface area (Å²) in [6, 6.07) is 5.85. The van der Waals surface area contributed by atoms with Gasteiger partial charge in [0.1, 0.15) is 5.82 Å². The Balaban J connectivity index is 2.61. The van der Waals surface area contributed by atoms with Gasteiger partial charge in [-0.15, -0.1) is 0 Å². The number of aliphatic carboxylic acids is 1. The zero-order valence-electron chi connectivity index (χ0n) is 10.8. The molecule has 0 bridgehead atoms. The number of halogens is 1. The zero-order chi connectivity index (χ0) is 14.4. The average Bonchev–Trinajstić information content (AvgIpc) is 2.35. The lowest BCUT2D eigenvalue weighted by Crippen LogP contribution is -2.32. The molecule has 0 aromatic heterocycles. The van der Waals surface area contributed by atoms with Crippen molar-refractivity contribution in [1.82, 2.24) is 4.90 Å². The quantitative estimate of drug-likeness (QED) is 0.829. The summed E-state index contributed by atoms with van der Waals surface area (Å²) < 4.78 is 12.9. The first kappa shape index (κ1) is 14.9. The largest absolute Gasteiger partial charge is 0.481 e. The summed E-state index contributed by atoms with van der Waals surface area (Å²) in [6.07, 6.45) is 2.79. The summed E-state index contributed by atoms with van der Waals surface area (Å²) in [7, 11) is 1.53. The molecular formula is C14H16FNO3. The molecule has 1 atom stereocenters. The normalized spacial score (nSPS) is 12.4. The third-order valence-corrected chi connectivity index (χ3v) is 2.61. The van der Waals surface area contributed by atoms with Crippen molar-refractivity contribution >= 4 is 18.0 Å². The molecule has 0 fully saturated rings. The van der Waals surface area contributed by atoms with Gasteiger partial charge in [-0.2, -0.15) is 0 Å². The van der Waals surface area contributed by atoms with Crippen molar-refractivity contribution in [2.75, 3.05) is 13.6 Å². The minimum absolute atomic E-state index is 0.127. The summed E-state index contributed by atoms with van der Waals surface area (Å²) in [5.74, 6) is -2.27. The lowest BCUT2D eigenvalue weighted by Gasteiger charge is -2.17. The summed E-state index contributed by atoms with van der Waals surface area (Å²) in [5.41, 5.74) is 0.577. The van der Waals surface area contributed by atoms with Crippen LogP contribution in [0.25, 0.3) is 6.08 Å². The van der Waals surface area contributed by atoms with Gasteiger partial charge in [-0.05, 0) is 23.8 Å². The Morgan fingerprint density at radius 1 is 1.47 bits per heavy atom. The fourth-order valence-electron chi connectivity index (χ4n) is 1.48. The van der Waals surface area contributed by atoms with E-state index in [1.165, 1.54) is 43.2 Å². The van der Waals surface area contributed by atoms with Crippen LogP contribution in [0.3, 0.4) is 0 Å². The topological polar surface area (TPSA) is 57.6 Å². The molecule has 1 aromatic rings. The van der Waals surface area contributed by atoms with Crippen LogP contribution in [-0.4, -0.2) is 35.5 Å². The molecular weight excluding hydrogens is 249 g/mol. The number of amides is 1. The molecule has 0 aliphatic heterocycles. The lowest BCUT2D eigenvalue weighted by molar-refractivity contribution is -0.142. The van der Waals surface area contributed by atoms with Crippen LogP contribution in [0.5, 0.6) is 0 Å². The van der Waals surface area contributed by atoms with E-state index in [0.717, 1.165) is 0 Å².